The molecule has 2 N–H and O–H groups in total. The number of hydrogen-bond donors (Lipinski definition) is 2. The van der Waals surface area contributed by atoms with Gasteiger partial charge >= 0.3 is 5.69 Å². The Kier molecular flexibility index (Phi) is 3.32. The van der Waals surface area contributed by atoms with Gasteiger partial charge in [0.2, 0.25) is 5.88 Å². The summed E-state index contributed by atoms with van der Waals surface area (Å²) < 4.78 is 1.37. The van der Waals surface area contributed by atoms with Crippen LogP contribution in [-0.2, 0) is 6.42 Å². The summed E-state index contributed by atoms with van der Waals surface area (Å²) in [4.78, 5) is 25.8. The smallest absolute Gasteiger partial charge is 0.331 e. The number of nitrogens with one attached hydrogen (secondary N) is 1. The molecule has 0 aromatic carbocycles. The first kappa shape index (κ1) is 12.9. The zero-order valence-electron chi connectivity index (χ0n) is 11.1. The van der Waals surface area contributed by atoms with E-state index in [-0.39, 0.29) is 11.9 Å². The summed E-state index contributed by atoms with van der Waals surface area (Å²) in [6, 6.07) is -0.0188. The zero-order valence-corrected chi connectivity index (χ0v) is 11.1. The van der Waals surface area contributed by atoms with Gasteiger partial charge < -0.3 is 5.11 Å². The van der Waals surface area contributed by atoms with Crippen LogP contribution in [0.5, 0.6) is 5.88 Å². The van der Waals surface area contributed by atoms with E-state index in [9.17, 15) is 14.7 Å². The van der Waals surface area contributed by atoms with Gasteiger partial charge in [0.05, 0.1) is 5.56 Å². The van der Waals surface area contributed by atoms with Crippen LogP contribution in [-0.4, -0.2) is 14.7 Å². The molecule has 0 radical (unpaired) electrons. The Morgan fingerprint density at radius 2 is 2.00 bits per heavy atom. The summed E-state index contributed by atoms with van der Waals surface area (Å²) >= 11 is 0. The molecule has 5 heteroatoms. The number of nitrogens with zero attached hydrogens (tertiary/aromatic N) is 1. The third-order valence-electron chi connectivity index (χ3n) is 4.32. The van der Waals surface area contributed by atoms with E-state index in [0.29, 0.717) is 23.8 Å². The quantitative estimate of drug-likeness (QED) is 0.835. The molecule has 2 rings (SSSR count). The molecule has 0 saturated heterocycles. The van der Waals surface area contributed by atoms with Crippen molar-refractivity contribution in [2.45, 2.75) is 46.1 Å². The predicted molar refractivity (Wildman–Crippen MR) is 69.0 cm³/mol. The summed E-state index contributed by atoms with van der Waals surface area (Å²) in [5.74, 6) is 0.694. The Balaban J connectivity index is 2.58. The zero-order chi connectivity index (χ0) is 13.4. The summed E-state index contributed by atoms with van der Waals surface area (Å²) in [5, 5.41) is 10.2. The highest BCUT2D eigenvalue weighted by Crippen LogP contribution is 2.40. The Hall–Kier alpha value is -1.52. The van der Waals surface area contributed by atoms with Gasteiger partial charge in [0, 0.05) is 6.04 Å². The van der Waals surface area contributed by atoms with E-state index in [1.54, 1.807) is 6.92 Å². The van der Waals surface area contributed by atoms with Gasteiger partial charge in [-0.3, -0.25) is 14.3 Å². The minimum absolute atomic E-state index is 0.0188. The van der Waals surface area contributed by atoms with Gasteiger partial charge in [-0.25, -0.2) is 4.79 Å². The second-order valence-electron chi connectivity index (χ2n) is 5.27. The molecule has 0 bridgehead atoms. The highest BCUT2D eigenvalue weighted by molar-refractivity contribution is 5.23. The minimum Gasteiger partial charge on any atom is -0.494 e. The van der Waals surface area contributed by atoms with Crippen LogP contribution in [0.1, 0.15) is 45.2 Å². The minimum atomic E-state index is -0.499. The van der Waals surface area contributed by atoms with Crippen molar-refractivity contribution < 1.29 is 5.11 Å². The highest BCUT2D eigenvalue weighted by Gasteiger charge is 2.33. The van der Waals surface area contributed by atoms with E-state index in [1.807, 2.05) is 0 Å². The molecule has 0 aliphatic heterocycles. The molecule has 1 aromatic heterocycles. The van der Waals surface area contributed by atoms with Gasteiger partial charge in [-0.05, 0) is 31.1 Å². The molecule has 3 unspecified atom stereocenters. The van der Waals surface area contributed by atoms with Crippen LogP contribution < -0.4 is 11.2 Å². The lowest BCUT2D eigenvalue weighted by Gasteiger charge is -2.22. The number of hydrogen-bond acceptors (Lipinski definition) is 3. The lowest BCUT2D eigenvalue weighted by molar-refractivity contribution is 0.298. The van der Waals surface area contributed by atoms with Gasteiger partial charge in [-0.1, -0.05) is 20.8 Å². The normalized spacial score (nSPS) is 27.6. The largest absolute Gasteiger partial charge is 0.494 e. The van der Waals surface area contributed by atoms with E-state index in [2.05, 4.69) is 18.8 Å². The van der Waals surface area contributed by atoms with Crippen LogP contribution in [0.4, 0.5) is 0 Å². The van der Waals surface area contributed by atoms with Crippen molar-refractivity contribution in [3.63, 3.8) is 0 Å². The first-order valence-corrected chi connectivity index (χ1v) is 6.54. The summed E-state index contributed by atoms with van der Waals surface area (Å²) in [6.45, 7) is 6.03. The molecule has 18 heavy (non-hydrogen) atoms. The fraction of sp³-hybridized carbons (Fsp3) is 0.692. The average molecular weight is 252 g/mol. The van der Waals surface area contributed by atoms with Crippen molar-refractivity contribution in [2.24, 2.45) is 11.8 Å². The number of rotatable bonds is 2. The lowest BCUT2D eigenvalue weighted by atomic mass is 9.97. The van der Waals surface area contributed by atoms with Crippen LogP contribution in [0.25, 0.3) is 0 Å². The first-order chi connectivity index (χ1) is 8.47. The summed E-state index contributed by atoms with van der Waals surface area (Å²) in [5.41, 5.74) is -0.683. The summed E-state index contributed by atoms with van der Waals surface area (Å²) in [6.07, 6.45) is 2.32. The van der Waals surface area contributed by atoms with Crippen LogP contribution in [0.3, 0.4) is 0 Å². The van der Waals surface area contributed by atoms with E-state index in [1.165, 1.54) is 4.57 Å². The fourth-order valence-corrected chi connectivity index (χ4v) is 2.91. The van der Waals surface area contributed by atoms with Crippen LogP contribution >= 0.6 is 0 Å². The Morgan fingerprint density at radius 3 is 2.50 bits per heavy atom. The molecule has 1 aliphatic carbocycles. The molecular weight excluding hydrogens is 232 g/mol. The Morgan fingerprint density at radius 1 is 1.33 bits per heavy atom. The fourth-order valence-electron chi connectivity index (χ4n) is 2.91. The third-order valence-corrected chi connectivity index (χ3v) is 4.32. The van der Waals surface area contributed by atoms with E-state index in [4.69, 9.17) is 0 Å². The molecule has 0 amide bonds. The van der Waals surface area contributed by atoms with Crippen LogP contribution in [0, 0.1) is 11.8 Å². The van der Waals surface area contributed by atoms with Gasteiger partial charge in [-0.2, -0.15) is 0 Å². The molecule has 1 heterocycles. The number of aromatic amines is 1. The highest BCUT2D eigenvalue weighted by atomic mass is 16.3. The predicted octanol–water partition coefficient (Wildman–Crippen LogP) is 1.41. The molecule has 1 fully saturated rings. The maximum absolute atomic E-state index is 11.9. The van der Waals surface area contributed by atoms with Crippen molar-refractivity contribution in [3.8, 4) is 5.88 Å². The maximum Gasteiger partial charge on any atom is 0.331 e. The molecule has 0 spiro atoms. The van der Waals surface area contributed by atoms with Gasteiger partial charge in [0.25, 0.3) is 5.56 Å². The first-order valence-electron chi connectivity index (χ1n) is 6.54. The van der Waals surface area contributed by atoms with Gasteiger partial charge in [-0.15, -0.1) is 0 Å². The SMILES string of the molecule is CCc1c(O)n(C2CCC(C)C2C)c(=O)[nH]c1=O. The van der Waals surface area contributed by atoms with Gasteiger partial charge in [0.15, 0.2) is 0 Å². The second-order valence-corrected chi connectivity index (χ2v) is 5.27. The van der Waals surface area contributed by atoms with Crippen molar-refractivity contribution in [3.05, 3.63) is 26.4 Å². The lowest BCUT2D eigenvalue weighted by Crippen LogP contribution is -2.35. The Bertz CT molecular complexity index is 558. The summed E-state index contributed by atoms with van der Waals surface area (Å²) in [7, 11) is 0. The van der Waals surface area contributed by atoms with Gasteiger partial charge in [0.1, 0.15) is 0 Å². The average Bonchev–Trinajstić information content (AvgIpc) is 2.61. The monoisotopic (exact) mass is 252 g/mol. The number of aromatic nitrogens is 2. The van der Waals surface area contributed by atoms with Crippen LogP contribution in [0.2, 0.25) is 0 Å². The molecule has 1 saturated carbocycles. The molecule has 3 atom stereocenters. The third kappa shape index (κ3) is 1.87. The van der Waals surface area contributed by atoms with E-state index >= 15 is 0 Å². The molecule has 1 aliphatic rings. The van der Waals surface area contributed by atoms with Crippen LogP contribution in [0.15, 0.2) is 9.59 Å². The van der Waals surface area contributed by atoms with Crippen molar-refractivity contribution in [2.75, 3.05) is 0 Å². The maximum atomic E-state index is 11.9. The Labute approximate surface area is 105 Å². The standard InChI is InChI=1S/C13H20N2O3/c1-4-9-11(16)14-13(18)15(12(9)17)10-6-5-7(2)8(10)3/h7-8,10,17H,4-6H2,1-3H3,(H,14,16,18). The van der Waals surface area contributed by atoms with E-state index in [0.717, 1.165) is 12.8 Å². The number of H-pyrrole nitrogens is 1. The second kappa shape index (κ2) is 4.63. The number of aromatic hydroxyl groups is 1. The van der Waals surface area contributed by atoms with E-state index < -0.39 is 11.2 Å². The molecular formula is C13H20N2O3. The van der Waals surface area contributed by atoms with Crippen molar-refractivity contribution in [1.82, 2.24) is 9.55 Å². The molecule has 1 aromatic rings. The van der Waals surface area contributed by atoms with Crippen molar-refractivity contribution in [1.29, 1.82) is 0 Å². The molecule has 100 valence electrons. The topological polar surface area (TPSA) is 75.1 Å². The van der Waals surface area contributed by atoms with Crippen molar-refractivity contribution >= 4 is 0 Å². The molecule has 5 nitrogen and oxygen atoms in total.